The Morgan fingerprint density at radius 1 is 1.55 bits per heavy atom. The van der Waals surface area contributed by atoms with Crippen molar-refractivity contribution in [3.63, 3.8) is 0 Å². The summed E-state index contributed by atoms with van der Waals surface area (Å²) in [7, 11) is 0. The van der Waals surface area contributed by atoms with Gasteiger partial charge in [-0.2, -0.15) is 0 Å². The molecule has 7 nitrogen and oxygen atoms in total. The number of benzene rings is 1. The number of piperidine rings is 1. The Bertz CT molecular complexity index is 562. The van der Waals surface area contributed by atoms with Crippen molar-refractivity contribution in [2.24, 2.45) is 0 Å². The first-order chi connectivity index (χ1) is 10.5. The second-order valence-corrected chi connectivity index (χ2v) is 5.57. The fourth-order valence-corrected chi connectivity index (χ4v) is 2.70. The van der Waals surface area contributed by atoms with Gasteiger partial charge >= 0.3 is 0 Å². The second kappa shape index (κ2) is 7.22. The predicted octanol–water partition coefficient (Wildman–Crippen LogP) is 1.79. The summed E-state index contributed by atoms with van der Waals surface area (Å²) in [4.78, 5) is 23.9. The van der Waals surface area contributed by atoms with E-state index in [1.807, 2.05) is 6.92 Å². The van der Waals surface area contributed by atoms with Crippen LogP contribution in [0.5, 0.6) is 5.75 Å². The molecule has 1 aliphatic rings. The van der Waals surface area contributed by atoms with Crippen molar-refractivity contribution in [3.05, 3.63) is 33.9 Å². The van der Waals surface area contributed by atoms with Crippen LogP contribution in [0.1, 0.15) is 31.7 Å². The topological polar surface area (TPSA) is 95.7 Å². The van der Waals surface area contributed by atoms with Gasteiger partial charge in [0.25, 0.3) is 5.69 Å². The molecule has 0 bridgehead atoms. The lowest BCUT2D eigenvalue weighted by Crippen LogP contribution is -2.47. The van der Waals surface area contributed by atoms with Crippen LogP contribution in [-0.2, 0) is 11.3 Å². The molecular formula is C15H21N3O4. The highest BCUT2D eigenvalue weighted by molar-refractivity contribution is 5.75. The lowest BCUT2D eigenvalue weighted by atomic mass is 10.0. The Morgan fingerprint density at radius 2 is 2.32 bits per heavy atom. The maximum Gasteiger partial charge on any atom is 0.270 e. The van der Waals surface area contributed by atoms with E-state index in [4.69, 9.17) is 0 Å². The van der Waals surface area contributed by atoms with Crippen LogP contribution in [0.3, 0.4) is 0 Å². The van der Waals surface area contributed by atoms with Crippen LogP contribution < -0.4 is 5.32 Å². The van der Waals surface area contributed by atoms with Gasteiger partial charge in [0.05, 0.1) is 4.92 Å². The maximum atomic E-state index is 11.5. The van der Waals surface area contributed by atoms with Crippen molar-refractivity contribution in [2.75, 3.05) is 13.1 Å². The SMILES string of the molecule is CCC(=O)N[C@@H]1CCCN(Cc2cc([N+](=O)[O-])ccc2O)C1. The molecule has 1 heterocycles. The molecule has 2 rings (SSSR count). The molecule has 1 atom stereocenters. The minimum atomic E-state index is -0.469. The average molecular weight is 307 g/mol. The van der Waals surface area contributed by atoms with Gasteiger partial charge in [-0.1, -0.05) is 6.92 Å². The van der Waals surface area contributed by atoms with Crippen LogP contribution >= 0.6 is 0 Å². The number of phenolic OH excluding ortho intramolecular Hbond substituents is 1. The van der Waals surface area contributed by atoms with Crippen molar-refractivity contribution in [3.8, 4) is 5.75 Å². The number of carbonyl (C=O) groups excluding carboxylic acids is 1. The molecule has 22 heavy (non-hydrogen) atoms. The van der Waals surface area contributed by atoms with Gasteiger partial charge in [-0.3, -0.25) is 19.8 Å². The third-order valence-electron chi connectivity index (χ3n) is 3.86. The highest BCUT2D eigenvalue weighted by atomic mass is 16.6. The summed E-state index contributed by atoms with van der Waals surface area (Å²) in [6, 6.07) is 4.15. The maximum absolute atomic E-state index is 11.5. The van der Waals surface area contributed by atoms with Gasteiger partial charge in [-0.25, -0.2) is 0 Å². The van der Waals surface area contributed by atoms with Crippen LogP contribution in [0.4, 0.5) is 5.69 Å². The molecule has 7 heteroatoms. The number of nitro groups is 1. The number of aromatic hydroxyl groups is 1. The Kier molecular flexibility index (Phi) is 5.32. The zero-order valence-electron chi connectivity index (χ0n) is 12.6. The number of hydrogen-bond acceptors (Lipinski definition) is 5. The molecule has 0 spiro atoms. The number of rotatable bonds is 5. The number of hydrogen-bond donors (Lipinski definition) is 2. The molecule has 0 unspecified atom stereocenters. The molecule has 2 N–H and O–H groups in total. The van der Waals surface area contributed by atoms with E-state index in [2.05, 4.69) is 10.2 Å². The minimum Gasteiger partial charge on any atom is -0.508 e. The summed E-state index contributed by atoms with van der Waals surface area (Å²) in [5.74, 6) is 0.0929. The van der Waals surface area contributed by atoms with Crippen molar-refractivity contribution in [2.45, 2.75) is 38.8 Å². The molecule has 0 radical (unpaired) electrons. The minimum absolute atomic E-state index is 0.0272. The summed E-state index contributed by atoms with van der Waals surface area (Å²) in [5.41, 5.74) is 0.511. The second-order valence-electron chi connectivity index (χ2n) is 5.57. The number of amides is 1. The van der Waals surface area contributed by atoms with Crippen LogP contribution in [0, 0.1) is 10.1 Å². The molecule has 1 fully saturated rings. The average Bonchev–Trinajstić information content (AvgIpc) is 2.49. The van der Waals surface area contributed by atoms with E-state index in [-0.39, 0.29) is 23.4 Å². The van der Waals surface area contributed by atoms with E-state index in [1.54, 1.807) is 0 Å². The van der Waals surface area contributed by atoms with Gasteiger partial charge < -0.3 is 10.4 Å². The molecule has 0 aromatic heterocycles. The van der Waals surface area contributed by atoms with Crippen molar-refractivity contribution in [1.82, 2.24) is 10.2 Å². The van der Waals surface area contributed by atoms with Crippen LogP contribution in [0.15, 0.2) is 18.2 Å². The van der Waals surface area contributed by atoms with Crippen LogP contribution in [-0.4, -0.2) is 40.0 Å². The van der Waals surface area contributed by atoms with Crippen LogP contribution in [0.25, 0.3) is 0 Å². The third-order valence-corrected chi connectivity index (χ3v) is 3.86. The van der Waals surface area contributed by atoms with Gasteiger partial charge in [0.2, 0.25) is 5.91 Å². The Morgan fingerprint density at radius 3 is 3.00 bits per heavy atom. The first-order valence-corrected chi connectivity index (χ1v) is 7.47. The number of phenols is 1. The molecule has 1 saturated heterocycles. The number of nitrogens with zero attached hydrogens (tertiary/aromatic N) is 2. The number of carbonyl (C=O) groups is 1. The lowest BCUT2D eigenvalue weighted by molar-refractivity contribution is -0.385. The van der Waals surface area contributed by atoms with E-state index >= 15 is 0 Å². The fourth-order valence-electron chi connectivity index (χ4n) is 2.70. The Balaban J connectivity index is 2.02. The highest BCUT2D eigenvalue weighted by Crippen LogP contribution is 2.25. The van der Waals surface area contributed by atoms with E-state index in [9.17, 15) is 20.0 Å². The molecule has 120 valence electrons. The van der Waals surface area contributed by atoms with Crippen LogP contribution in [0.2, 0.25) is 0 Å². The quantitative estimate of drug-likeness (QED) is 0.638. The van der Waals surface area contributed by atoms with Crippen molar-refractivity contribution < 1.29 is 14.8 Å². The summed E-state index contributed by atoms with van der Waals surface area (Å²) in [6.07, 6.45) is 2.34. The zero-order valence-corrected chi connectivity index (χ0v) is 12.6. The van der Waals surface area contributed by atoms with Crippen molar-refractivity contribution in [1.29, 1.82) is 0 Å². The first-order valence-electron chi connectivity index (χ1n) is 7.47. The fraction of sp³-hybridized carbons (Fsp3) is 0.533. The molecule has 0 saturated carbocycles. The summed E-state index contributed by atoms with van der Waals surface area (Å²) in [6.45, 7) is 3.79. The number of non-ortho nitro benzene ring substituents is 1. The molecular weight excluding hydrogens is 286 g/mol. The number of likely N-dealkylation sites (tertiary alicyclic amines) is 1. The number of nitrogens with one attached hydrogen (secondary N) is 1. The van der Waals surface area contributed by atoms with Gasteiger partial charge in [-0.15, -0.1) is 0 Å². The molecule has 1 amide bonds. The molecule has 1 aliphatic heterocycles. The normalized spacial score (nSPS) is 18.9. The van der Waals surface area contributed by atoms with E-state index < -0.39 is 4.92 Å². The predicted molar refractivity (Wildman–Crippen MR) is 81.5 cm³/mol. The van der Waals surface area contributed by atoms with Crippen molar-refractivity contribution >= 4 is 11.6 Å². The third kappa shape index (κ3) is 4.17. The smallest absolute Gasteiger partial charge is 0.270 e. The van der Waals surface area contributed by atoms with Gasteiger partial charge in [-0.05, 0) is 25.5 Å². The van der Waals surface area contributed by atoms with E-state index in [0.29, 0.717) is 25.1 Å². The highest BCUT2D eigenvalue weighted by Gasteiger charge is 2.22. The number of nitro benzene ring substituents is 1. The Hall–Kier alpha value is -2.15. The molecule has 1 aromatic carbocycles. The standard InChI is InChI=1S/C15H21N3O4/c1-2-15(20)16-12-4-3-7-17(10-12)9-11-8-13(18(21)22)5-6-14(11)19/h5-6,8,12,19H,2-4,7,9-10H2,1H3,(H,16,20)/t12-/m1/s1. The van der Waals surface area contributed by atoms with E-state index in [0.717, 1.165) is 19.4 Å². The molecule has 1 aromatic rings. The van der Waals surface area contributed by atoms with E-state index in [1.165, 1.54) is 18.2 Å². The monoisotopic (exact) mass is 307 g/mol. The molecule has 0 aliphatic carbocycles. The first kappa shape index (κ1) is 16.2. The lowest BCUT2D eigenvalue weighted by Gasteiger charge is -2.33. The summed E-state index contributed by atoms with van der Waals surface area (Å²) >= 11 is 0. The summed E-state index contributed by atoms with van der Waals surface area (Å²) in [5, 5.41) is 23.7. The Labute approximate surface area is 129 Å². The summed E-state index contributed by atoms with van der Waals surface area (Å²) < 4.78 is 0. The van der Waals surface area contributed by atoms with Gasteiger partial charge in [0, 0.05) is 43.2 Å². The van der Waals surface area contributed by atoms with Gasteiger partial charge in [0.1, 0.15) is 5.75 Å². The van der Waals surface area contributed by atoms with Gasteiger partial charge in [0.15, 0.2) is 0 Å². The zero-order chi connectivity index (χ0) is 16.1. The largest absolute Gasteiger partial charge is 0.508 e.